The maximum Gasteiger partial charge on any atom is 0.120 e. The van der Waals surface area contributed by atoms with Crippen LogP contribution in [0.3, 0.4) is 0 Å². The molecule has 0 amide bonds. The number of hydrogen-bond acceptors (Lipinski definition) is 4. The summed E-state index contributed by atoms with van der Waals surface area (Å²) in [7, 11) is 0. The molecule has 0 aliphatic carbocycles. The van der Waals surface area contributed by atoms with Gasteiger partial charge in [-0.3, -0.25) is 0 Å². The highest BCUT2D eigenvalue weighted by atomic mass is 32.1. The van der Waals surface area contributed by atoms with Gasteiger partial charge in [-0.15, -0.1) is 11.3 Å². The van der Waals surface area contributed by atoms with Crippen molar-refractivity contribution in [1.29, 1.82) is 0 Å². The van der Waals surface area contributed by atoms with E-state index < -0.39 is 0 Å². The van der Waals surface area contributed by atoms with E-state index in [0.29, 0.717) is 12.5 Å². The van der Waals surface area contributed by atoms with E-state index in [1.807, 2.05) is 24.3 Å². The zero-order valence-electron chi connectivity index (χ0n) is 10.6. The van der Waals surface area contributed by atoms with Crippen LogP contribution >= 0.6 is 11.3 Å². The van der Waals surface area contributed by atoms with Gasteiger partial charge in [0, 0.05) is 12.5 Å². The molecule has 1 aromatic heterocycles. The average molecular weight is 262 g/mol. The molecule has 0 radical (unpaired) electrons. The van der Waals surface area contributed by atoms with E-state index in [-0.39, 0.29) is 0 Å². The van der Waals surface area contributed by atoms with E-state index in [2.05, 4.69) is 17.4 Å². The van der Waals surface area contributed by atoms with Crippen LogP contribution in [0.2, 0.25) is 0 Å². The molecule has 18 heavy (non-hydrogen) atoms. The molecule has 1 aliphatic heterocycles. The summed E-state index contributed by atoms with van der Waals surface area (Å²) >= 11 is 1.81. The summed E-state index contributed by atoms with van der Waals surface area (Å²) in [5.41, 5.74) is 1.10. The molecule has 1 unspecified atom stereocenters. The Balaban J connectivity index is 1.89. The summed E-state index contributed by atoms with van der Waals surface area (Å²) in [5, 5.41) is 4.72. The van der Waals surface area contributed by atoms with E-state index in [0.717, 1.165) is 24.4 Å². The number of benzene rings is 1. The Hall–Kier alpha value is -1.13. The van der Waals surface area contributed by atoms with Crippen molar-refractivity contribution in [2.24, 2.45) is 0 Å². The van der Waals surface area contributed by atoms with E-state index in [1.165, 1.54) is 22.5 Å². The lowest BCUT2D eigenvalue weighted by atomic mass is 10.0. The SMILES string of the molecule is CCOc1ccc2nc(C3CCCNC3)sc2c1. The quantitative estimate of drug-likeness (QED) is 0.922. The number of nitrogens with one attached hydrogen (secondary N) is 1. The summed E-state index contributed by atoms with van der Waals surface area (Å²) in [6, 6.07) is 6.18. The minimum Gasteiger partial charge on any atom is -0.494 e. The zero-order chi connectivity index (χ0) is 12.4. The molecule has 4 heteroatoms. The first-order valence-corrected chi connectivity index (χ1v) is 7.42. The van der Waals surface area contributed by atoms with Crippen LogP contribution in [-0.4, -0.2) is 24.7 Å². The highest BCUT2D eigenvalue weighted by Crippen LogP contribution is 2.32. The first kappa shape index (κ1) is 11.9. The van der Waals surface area contributed by atoms with Crippen molar-refractivity contribution in [2.45, 2.75) is 25.7 Å². The topological polar surface area (TPSA) is 34.1 Å². The molecule has 1 N–H and O–H groups in total. The normalized spacial score (nSPS) is 20.2. The summed E-state index contributed by atoms with van der Waals surface area (Å²) in [4.78, 5) is 4.76. The summed E-state index contributed by atoms with van der Waals surface area (Å²) in [5.74, 6) is 1.54. The van der Waals surface area contributed by atoms with Gasteiger partial charge in [-0.05, 0) is 44.5 Å². The number of fused-ring (bicyclic) bond motifs is 1. The molecule has 2 heterocycles. The molecule has 1 saturated heterocycles. The highest BCUT2D eigenvalue weighted by molar-refractivity contribution is 7.18. The van der Waals surface area contributed by atoms with Crippen molar-refractivity contribution >= 4 is 21.6 Å². The van der Waals surface area contributed by atoms with Gasteiger partial charge in [0.2, 0.25) is 0 Å². The Kier molecular flexibility index (Phi) is 3.48. The van der Waals surface area contributed by atoms with Crippen molar-refractivity contribution in [1.82, 2.24) is 10.3 Å². The minimum atomic E-state index is 0.590. The molecule has 1 fully saturated rings. The number of nitrogens with zero attached hydrogens (tertiary/aromatic N) is 1. The van der Waals surface area contributed by atoms with Gasteiger partial charge in [0.1, 0.15) is 5.75 Å². The molecular formula is C14H18N2OS. The molecule has 1 aliphatic rings. The molecule has 0 saturated carbocycles. The lowest BCUT2D eigenvalue weighted by molar-refractivity contribution is 0.341. The van der Waals surface area contributed by atoms with Crippen LogP contribution in [0, 0.1) is 0 Å². The number of hydrogen-bond donors (Lipinski definition) is 1. The molecule has 0 bridgehead atoms. The largest absolute Gasteiger partial charge is 0.494 e. The fraction of sp³-hybridized carbons (Fsp3) is 0.500. The van der Waals surface area contributed by atoms with Crippen LogP contribution < -0.4 is 10.1 Å². The molecule has 2 aromatic rings. The van der Waals surface area contributed by atoms with Crippen LogP contribution in [0.5, 0.6) is 5.75 Å². The van der Waals surface area contributed by atoms with Crippen molar-refractivity contribution in [3.63, 3.8) is 0 Å². The predicted octanol–water partition coefficient (Wildman–Crippen LogP) is 3.16. The van der Waals surface area contributed by atoms with Crippen LogP contribution in [0.15, 0.2) is 18.2 Å². The third-order valence-corrected chi connectivity index (χ3v) is 4.51. The van der Waals surface area contributed by atoms with Gasteiger partial charge in [-0.25, -0.2) is 4.98 Å². The van der Waals surface area contributed by atoms with Gasteiger partial charge in [0.25, 0.3) is 0 Å². The third-order valence-electron chi connectivity index (χ3n) is 3.33. The van der Waals surface area contributed by atoms with Gasteiger partial charge < -0.3 is 10.1 Å². The van der Waals surface area contributed by atoms with Gasteiger partial charge >= 0.3 is 0 Å². The Labute approximate surface area is 111 Å². The molecular weight excluding hydrogens is 244 g/mol. The Bertz CT molecular complexity index is 532. The summed E-state index contributed by atoms with van der Waals surface area (Å²) in [6.07, 6.45) is 2.51. The van der Waals surface area contributed by atoms with Gasteiger partial charge in [0.15, 0.2) is 0 Å². The number of thiazole rings is 1. The van der Waals surface area contributed by atoms with Crippen LogP contribution in [-0.2, 0) is 0 Å². The highest BCUT2D eigenvalue weighted by Gasteiger charge is 2.18. The van der Waals surface area contributed by atoms with Gasteiger partial charge in [-0.1, -0.05) is 0 Å². The van der Waals surface area contributed by atoms with Crippen molar-refractivity contribution < 1.29 is 4.74 Å². The Morgan fingerprint density at radius 3 is 3.22 bits per heavy atom. The number of rotatable bonds is 3. The van der Waals surface area contributed by atoms with E-state index in [9.17, 15) is 0 Å². The van der Waals surface area contributed by atoms with E-state index in [1.54, 1.807) is 0 Å². The van der Waals surface area contributed by atoms with E-state index in [4.69, 9.17) is 9.72 Å². The molecule has 1 aromatic carbocycles. The predicted molar refractivity (Wildman–Crippen MR) is 75.6 cm³/mol. The average Bonchev–Trinajstić information content (AvgIpc) is 2.83. The monoisotopic (exact) mass is 262 g/mol. The maximum atomic E-state index is 5.54. The molecule has 3 nitrogen and oxygen atoms in total. The van der Waals surface area contributed by atoms with Gasteiger partial charge in [0.05, 0.1) is 21.8 Å². The molecule has 3 rings (SSSR count). The number of piperidine rings is 1. The summed E-state index contributed by atoms with van der Waals surface area (Å²) in [6.45, 7) is 4.94. The molecule has 0 spiro atoms. The second-order valence-electron chi connectivity index (χ2n) is 4.66. The van der Waals surface area contributed by atoms with Crippen LogP contribution in [0.25, 0.3) is 10.2 Å². The lowest BCUT2D eigenvalue weighted by Crippen LogP contribution is -2.28. The number of aromatic nitrogens is 1. The standard InChI is InChI=1S/C14H18N2OS/c1-2-17-11-5-6-12-13(8-11)18-14(16-12)10-4-3-7-15-9-10/h5-6,8,10,15H,2-4,7,9H2,1H3. The maximum absolute atomic E-state index is 5.54. The van der Waals surface area contributed by atoms with Crippen molar-refractivity contribution in [3.8, 4) is 5.75 Å². The Morgan fingerprint density at radius 1 is 1.50 bits per heavy atom. The second-order valence-corrected chi connectivity index (χ2v) is 5.72. The lowest BCUT2D eigenvalue weighted by Gasteiger charge is -2.20. The first-order chi connectivity index (χ1) is 8.86. The van der Waals surface area contributed by atoms with Crippen molar-refractivity contribution in [2.75, 3.05) is 19.7 Å². The first-order valence-electron chi connectivity index (χ1n) is 6.61. The minimum absolute atomic E-state index is 0.590. The van der Waals surface area contributed by atoms with Crippen LogP contribution in [0.4, 0.5) is 0 Å². The second kappa shape index (κ2) is 5.24. The summed E-state index contributed by atoms with van der Waals surface area (Å²) < 4.78 is 6.77. The van der Waals surface area contributed by atoms with E-state index >= 15 is 0 Å². The van der Waals surface area contributed by atoms with Crippen molar-refractivity contribution in [3.05, 3.63) is 23.2 Å². The van der Waals surface area contributed by atoms with Gasteiger partial charge in [-0.2, -0.15) is 0 Å². The smallest absolute Gasteiger partial charge is 0.120 e. The molecule has 1 atom stereocenters. The molecule has 96 valence electrons. The third kappa shape index (κ3) is 2.35. The fourth-order valence-electron chi connectivity index (χ4n) is 2.42. The fourth-order valence-corrected chi connectivity index (χ4v) is 3.55. The number of ether oxygens (including phenoxy) is 1. The zero-order valence-corrected chi connectivity index (χ0v) is 11.4. The van der Waals surface area contributed by atoms with Crippen LogP contribution in [0.1, 0.15) is 30.7 Å². The Morgan fingerprint density at radius 2 is 2.44 bits per heavy atom.